The van der Waals surface area contributed by atoms with Gasteiger partial charge in [-0.2, -0.15) is 13.2 Å². The van der Waals surface area contributed by atoms with Crippen LogP contribution in [0.25, 0.3) is 0 Å². The molecule has 0 spiro atoms. The fourth-order valence-electron chi connectivity index (χ4n) is 5.04. The highest BCUT2D eigenvalue weighted by Crippen LogP contribution is 2.39. The van der Waals surface area contributed by atoms with Crippen LogP contribution in [0.5, 0.6) is 0 Å². The maximum absolute atomic E-state index is 14.0. The number of halogens is 4. The molecule has 8 heteroatoms. The number of carbonyl (C=O) groups is 1. The zero-order valence-electron chi connectivity index (χ0n) is 20.5. The van der Waals surface area contributed by atoms with Crippen LogP contribution in [0, 0.1) is 11.7 Å². The number of ether oxygens (including phenoxy) is 2. The molecule has 1 aliphatic heterocycles. The van der Waals surface area contributed by atoms with Gasteiger partial charge in [0, 0.05) is 32.0 Å². The van der Waals surface area contributed by atoms with E-state index in [0.29, 0.717) is 25.6 Å². The Morgan fingerprint density at radius 2 is 1.62 bits per heavy atom. The molecule has 0 radical (unpaired) electrons. The van der Waals surface area contributed by atoms with Crippen LogP contribution in [-0.4, -0.2) is 43.7 Å². The monoisotopic (exact) mass is 515 g/mol. The highest BCUT2D eigenvalue weighted by Gasteiger charge is 2.39. The number of benzene rings is 3. The fourth-order valence-corrected chi connectivity index (χ4v) is 5.04. The van der Waals surface area contributed by atoms with Crippen molar-refractivity contribution in [3.05, 3.63) is 107 Å². The molecule has 0 aromatic heterocycles. The third-order valence-corrected chi connectivity index (χ3v) is 6.71. The molecule has 0 N–H and O–H groups in total. The molecule has 37 heavy (non-hydrogen) atoms. The second-order valence-corrected chi connectivity index (χ2v) is 9.22. The van der Waals surface area contributed by atoms with Gasteiger partial charge in [0.15, 0.2) is 0 Å². The molecule has 2 atom stereocenters. The maximum Gasteiger partial charge on any atom is 0.416 e. The highest BCUT2D eigenvalue weighted by atomic mass is 19.4. The number of rotatable bonds is 8. The van der Waals surface area contributed by atoms with Gasteiger partial charge >= 0.3 is 6.18 Å². The molecular formula is C29H29F4NO3. The minimum absolute atomic E-state index is 0.0386. The second-order valence-electron chi connectivity index (χ2n) is 9.22. The van der Waals surface area contributed by atoms with Gasteiger partial charge in [0.05, 0.1) is 18.3 Å². The summed E-state index contributed by atoms with van der Waals surface area (Å²) >= 11 is 0. The van der Waals surface area contributed by atoms with E-state index in [1.165, 1.54) is 7.11 Å². The molecule has 0 saturated carbocycles. The molecular weight excluding hydrogens is 486 g/mol. The van der Waals surface area contributed by atoms with E-state index in [9.17, 15) is 22.4 Å². The molecule has 1 saturated heterocycles. The Morgan fingerprint density at radius 1 is 1.00 bits per heavy atom. The van der Waals surface area contributed by atoms with Crippen LogP contribution in [-0.2, 0) is 27.1 Å². The number of alkyl halides is 3. The van der Waals surface area contributed by atoms with Gasteiger partial charge in [-0.15, -0.1) is 0 Å². The van der Waals surface area contributed by atoms with Crippen molar-refractivity contribution in [2.75, 3.05) is 26.8 Å². The molecule has 1 fully saturated rings. The zero-order valence-corrected chi connectivity index (χ0v) is 20.5. The van der Waals surface area contributed by atoms with E-state index < -0.39 is 17.6 Å². The van der Waals surface area contributed by atoms with E-state index in [-0.39, 0.29) is 42.6 Å². The maximum atomic E-state index is 14.0. The molecule has 2 unspecified atom stereocenters. The number of amides is 1. The van der Waals surface area contributed by atoms with Crippen molar-refractivity contribution in [3.8, 4) is 0 Å². The van der Waals surface area contributed by atoms with Crippen LogP contribution in [0.4, 0.5) is 17.6 Å². The van der Waals surface area contributed by atoms with Crippen LogP contribution in [0.15, 0.2) is 78.9 Å². The van der Waals surface area contributed by atoms with Crippen molar-refractivity contribution < 1.29 is 31.8 Å². The first-order valence-electron chi connectivity index (χ1n) is 12.1. The first kappa shape index (κ1) is 26.8. The van der Waals surface area contributed by atoms with E-state index in [1.807, 2.05) is 60.7 Å². The highest BCUT2D eigenvalue weighted by molar-refractivity contribution is 5.77. The number of carbonyl (C=O) groups excluding carboxylic acids is 1. The summed E-state index contributed by atoms with van der Waals surface area (Å²) in [6.45, 7) is 0.600. The summed E-state index contributed by atoms with van der Waals surface area (Å²) in [7, 11) is 1.47. The molecule has 0 bridgehead atoms. The number of methoxy groups -OCH3 is 1. The summed E-state index contributed by atoms with van der Waals surface area (Å²) in [6, 6.07) is 22.2. The van der Waals surface area contributed by atoms with Gasteiger partial charge in [0.1, 0.15) is 12.4 Å². The predicted molar refractivity (Wildman–Crippen MR) is 131 cm³/mol. The van der Waals surface area contributed by atoms with E-state index in [1.54, 1.807) is 4.90 Å². The lowest BCUT2D eigenvalue weighted by Crippen LogP contribution is -2.49. The first-order chi connectivity index (χ1) is 17.8. The van der Waals surface area contributed by atoms with Gasteiger partial charge in [-0.25, -0.2) is 4.39 Å². The van der Waals surface area contributed by atoms with Gasteiger partial charge < -0.3 is 14.4 Å². The number of hydrogen-bond acceptors (Lipinski definition) is 3. The zero-order chi connectivity index (χ0) is 26.4. The van der Waals surface area contributed by atoms with Gasteiger partial charge in [-0.3, -0.25) is 4.79 Å². The average molecular weight is 516 g/mol. The lowest BCUT2D eigenvalue weighted by Gasteiger charge is -2.42. The van der Waals surface area contributed by atoms with Crippen molar-refractivity contribution in [1.29, 1.82) is 0 Å². The van der Waals surface area contributed by atoms with Crippen molar-refractivity contribution in [2.24, 2.45) is 5.92 Å². The summed E-state index contributed by atoms with van der Waals surface area (Å²) in [4.78, 5) is 14.5. The summed E-state index contributed by atoms with van der Waals surface area (Å²) in [5.41, 5.74) is 1.14. The average Bonchev–Trinajstić information content (AvgIpc) is 2.88. The third kappa shape index (κ3) is 6.76. The molecule has 3 aromatic rings. The lowest BCUT2D eigenvalue weighted by molar-refractivity contribution is -0.140. The number of hydrogen-bond donors (Lipinski definition) is 0. The largest absolute Gasteiger partial charge is 0.416 e. The van der Waals surface area contributed by atoms with Gasteiger partial charge in [-0.05, 0) is 41.3 Å². The summed E-state index contributed by atoms with van der Waals surface area (Å²) in [5, 5.41) is 0. The van der Waals surface area contributed by atoms with Crippen LogP contribution in [0.2, 0.25) is 0 Å². The number of likely N-dealkylation sites (tertiary alicyclic amines) is 1. The minimum Gasteiger partial charge on any atom is -0.375 e. The van der Waals surface area contributed by atoms with E-state index in [0.717, 1.165) is 23.3 Å². The van der Waals surface area contributed by atoms with Gasteiger partial charge in [-0.1, -0.05) is 60.7 Å². The summed E-state index contributed by atoms with van der Waals surface area (Å²) in [5.74, 6) is -1.43. The summed E-state index contributed by atoms with van der Waals surface area (Å²) in [6.07, 6.45) is -4.55. The van der Waals surface area contributed by atoms with Gasteiger partial charge in [0.25, 0.3) is 0 Å². The first-order valence-corrected chi connectivity index (χ1v) is 12.1. The Hall–Kier alpha value is -3.23. The number of nitrogens with zero attached hydrogens (tertiary/aromatic N) is 1. The SMILES string of the molecule is COCC(=O)N1CCC(OCc2cc(F)cc(C(F)(F)F)c2)C(C(c2ccccc2)c2ccccc2)C1. The Labute approximate surface area is 213 Å². The van der Waals surface area contributed by atoms with Crippen LogP contribution in [0.3, 0.4) is 0 Å². The molecule has 1 aliphatic rings. The van der Waals surface area contributed by atoms with Crippen molar-refractivity contribution in [1.82, 2.24) is 4.90 Å². The van der Waals surface area contributed by atoms with E-state index >= 15 is 0 Å². The standard InChI is InChI=1S/C29H29F4NO3/c1-36-19-27(35)34-13-12-26(37-18-20-14-23(29(31,32)33)16-24(30)15-20)25(17-34)28(21-8-4-2-5-9-21)22-10-6-3-7-11-22/h2-11,14-16,25-26,28H,12-13,17-19H2,1H3. The van der Waals surface area contributed by atoms with Crippen molar-refractivity contribution in [2.45, 2.75) is 31.2 Å². The predicted octanol–water partition coefficient (Wildman–Crippen LogP) is 6.06. The van der Waals surface area contributed by atoms with Crippen LogP contribution in [0.1, 0.15) is 34.6 Å². The number of piperidine rings is 1. The molecule has 1 amide bonds. The minimum atomic E-state index is -4.65. The molecule has 4 rings (SSSR count). The lowest BCUT2D eigenvalue weighted by atomic mass is 9.75. The Bertz CT molecular complexity index is 1130. The molecule has 3 aromatic carbocycles. The molecule has 4 nitrogen and oxygen atoms in total. The van der Waals surface area contributed by atoms with Crippen LogP contribution < -0.4 is 0 Å². The molecule has 196 valence electrons. The van der Waals surface area contributed by atoms with Gasteiger partial charge in [0.2, 0.25) is 5.91 Å². The second kappa shape index (κ2) is 11.9. The van der Waals surface area contributed by atoms with E-state index in [2.05, 4.69) is 0 Å². The Balaban J connectivity index is 1.66. The Kier molecular flexibility index (Phi) is 8.61. The van der Waals surface area contributed by atoms with E-state index in [4.69, 9.17) is 9.47 Å². The topological polar surface area (TPSA) is 38.8 Å². The summed E-state index contributed by atoms with van der Waals surface area (Å²) < 4.78 is 64.9. The molecule has 1 heterocycles. The Morgan fingerprint density at radius 3 is 2.19 bits per heavy atom. The third-order valence-electron chi connectivity index (χ3n) is 6.71. The van der Waals surface area contributed by atoms with Crippen LogP contribution >= 0.6 is 0 Å². The molecule has 0 aliphatic carbocycles. The normalized spacial score (nSPS) is 18.3. The van der Waals surface area contributed by atoms with Crippen molar-refractivity contribution in [3.63, 3.8) is 0 Å². The quantitative estimate of drug-likeness (QED) is 0.343. The fraction of sp³-hybridized carbons (Fsp3) is 0.345. The van der Waals surface area contributed by atoms with Crippen molar-refractivity contribution >= 4 is 5.91 Å². The smallest absolute Gasteiger partial charge is 0.375 e.